The van der Waals surface area contributed by atoms with Crippen LogP contribution in [0.5, 0.6) is 0 Å². The van der Waals surface area contributed by atoms with Crippen molar-refractivity contribution in [3.05, 3.63) is 89.4 Å². The van der Waals surface area contributed by atoms with E-state index < -0.39 is 0 Å². The van der Waals surface area contributed by atoms with E-state index in [1.807, 2.05) is 43.6 Å². The molecule has 0 aliphatic heterocycles. The Hall–Kier alpha value is -3.60. The molecule has 5 heteroatoms. The molecule has 0 radical (unpaired) electrons. The molecule has 1 amide bonds. The topological polar surface area (TPSA) is 60.1 Å². The summed E-state index contributed by atoms with van der Waals surface area (Å²) in [5.41, 5.74) is 6.35. The Morgan fingerprint density at radius 3 is 2.33 bits per heavy atom. The van der Waals surface area contributed by atoms with Crippen LogP contribution in [-0.2, 0) is 6.54 Å². The first-order valence-electron chi connectivity index (χ1n) is 11.7. The molecule has 0 saturated heterocycles. The van der Waals surface area contributed by atoms with Crippen LogP contribution in [0.25, 0.3) is 22.7 Å². The number of imidazole rings is 1. The summed E-state index contributed by atoms with van der Waals surface area (Å²) in [5, 5.41) is 2.96. The van der Waals surface area contributed by atoms with Gasteiger partial charge in [-0.25, -0.2) is 4.98 Å². The molecule has 1 N–H and O–H groups in total. The number of furan rings is 1. The Morgan fingerprint density at radius 1 is 0.970 bits per heavy atom. The molecule has 1 saturated carbocycles. The molecule has 5 nitrogen and oxygen atoms in total. The highest BCUT2D eigenvalue weighted by Gasteiger charge is 2.25. The molecule has 4 aromatic rings. The van der Waals surface area contributed by atoms with E-state index in [0.29, 0.717) is 24.1 Å². The standard InChI is InChI=1S/C28H29N3O2/c1-19-7-11-21(12-8-19)17-29-28(32)25-16-15-24(33-25)27-26(22-13-9-20(2)10-14-22)30-18-31(27)23-5-3-4-6-23/h7-16,18,23H,3-6,17H2,1-2H3,(H,29,32). The summed E-state index contributed by atoms with van der Waals surface area (Å²) in [6.45, 7) is 4.59. The van der Waals surface area contributed by atoms with Gasteiger partial charge >= 0.3 is 0 Å². The maximum absolute atomic E-state index is 12.8. The molecule has 0 atom stereocenters. The van der Waals surface area contributed by atoms with Gasteiger partial charge in [0.1, 0.15) is 5.69 Å². The lowest BCUT2D eigenvalue weighted by Gasteiger charge is -2.15. The van der Waals surface area contributed by atoms with Gasteiger partial charge in [0, 0.05) is 18.2 Å². The minimum absolute atomic E-state index is 0.217. The van der Waals surface area contributed by atoms with Crippen molar-refractivity contribution in [2.75, 3.05) is 0 Å². The van der Waals surface area contributed by atoms with Gasteiger partial charge in [-0.1, -0.05) is 72.5 Å². The van der Waals surface area contributed by atoms with Gasteiger partial charge in [-0.15, -0.1) is 0 Å². The second-order valence-electron chi connectivity index (χ2n) is 8.99. The quantitative estimate of drug-likeness (QED) is 0.374. The SMILES string of the molecule is Cc1ccc(CNC(=O)c2ccc(-c3c(-c4ccc(C)cc4)ncn3C3CCCC3)o2)cc1. The molecule has 1 aliphatic carbocycles. The molecule has 2 aromatic heterocycles. The van der Waals surface area contributed by atoms with Gasteiger partial charge in [-0.05, 0) is 44.4 Å². The molecule has 168 valence electrons. The van der Waals surface area contributed by atoms with Crippen molar-refractivity contribution in [3.63, 3.8) is 0 Å². The minimum Gasteiger partial charge on any atom is -0.449 e. The lowest BCUT2D eigenvalue weighted by atomic mass is 10.1. The number of benzene rings is 2. The Morgan fingerprint density at radius 2 is 1.64 bits per heavy atom. The fourth-order valence-electron chi connectivity index (χ4n) is 4.55. The first-order chi connectivity index (χ1) is 16.1. The maximum atomic E-state index is 12.8. The smallest absolute Gasteiger partial charge is 0.287 e. The number of aryl methyl sites for hydroxylation is 2. The van der Waals surface area contributed by atoms with E-state index in [0.717, 1.165) is 35.4 Å². The molecular formula is C28H29N3O2. The number of carbonyl (C=O) groups excluding carboxylic acids is 1. The van der Waals surface area contributed by atoms with Crippen LogP contribution in [-0.4, -0.2) is 15.5 Å². The molecule has 1 aliphatic rings. The average molecular weight is 440 g/mol. The maximum Gasteiger partial charge on any atom is 0.287 e. The number of hydrogen-bond acceptors (Lipinski definition) is 3. The van der Waals surface area contributed by atoms with Gasteiger partial charge in [-0.2, -0.15) is 0 Å². The molecule has 2 aromatic carbocycles. The van der Waals surface area contributed by atoms with E-state index in [4.69, 9.17) is 9.40 Å². The van der Waals surface area contributed by atoms with Crippen molar-refractivity contribution < 1.29 is 9.21 Å². The normalized spacial score (nSPS) is 14.0. The van der Waals surface area contributed by atoms with Crippen LogP contribution in [0.15, 0.2) is 71.4 Å². The van der Waals surface area contributed by atoms with Gasteiger partial charge in [0.25, 0.3) is 5.91 Å². The van der Waals surface area contributed by atoms with E-state index >= 15 is 0 Å². The highest BCUT2D eigenvalue weighted by Crippen LogP contribution is 2.39. The van der Waals surface area contributed by atoms with Crippen LogP contribution in [0.3, 0.4) is 0 Å². The highest BCUT2D eigenvalue weighted by atomic mass is 16.4. The van der Waals surface area contributed by atoms with Crippen LogP contribution >= 0.6 is 0 Å². The summed E-state index contributed by atoms with van der Waals surface area (Å²) in [6.07, 6.45) is 6.67. The van der Waals surface area contributed by atoms with Crippen molar-refractivity contribution in [1.82, 2.24) is 14.9 Å². The van der Waals surface area contributed by atoms with E-state index in [1.165, 1.54) is 24.0 Å². The van der Waals surface area contributed by atoms with E-state index in [9.17, 15) is 4.79 Å². The Kier molecular flexibility index (Phi) is 5.86. The summed E-state index contributed by atoms with van der Waals surface area (Å²) in [7, 11) is 0. The third-order valence-electron chi connectivity index (χ3n) is 6.47. The summed E-state index contributed by atoms with van der Waals surface area (Å²) in [5.74, 6) is 0.771. The molecule has 33 heavy (non-hydrogen) atoms. The Bertz CT molecular complexity index is 1240. The van der Waals surface area contributed by atoms with Crippen LogP contribution < -0.4 is 5.32 Å². The minimum atomic E-state index is -0.217. The zero-order chi connectivity index (χ0) is 22.8. The molecule has 2 heterocycles. The van der Waals surface area contributed by atoms with Crippen LogP contribution in [0, 0.1) is 13.8 Å². The number of carbonyl (C=O) groups is 1. The van der Waals surface area contributed by atoms with Gasteiger partial charge in [0.05, 0.1) is 12.0 Å². The van der Waals surface area contributed by atoms with Crippen molar-refractivity contribution in [3.8, 4) is 22.7 Å². The van der Waals surface area contributed by atoms with Crippen molar-refractivity contribution in [1.29, 1.82) is 0 Å². The Labute approximate surface area is 194 Å². The number of nitrogens with one attached hydrogen (secondary N) is 1. The van der Waals surface area contributed by atoms with E-state index in [2.05, 4.69) is 41.1 Å². The summed E-state index contributed by atoms with van der Waals surface area (Å²) >= 11 is 0. The fraction of sp³-hybridized carbons (Fsp3) is 0.286. The van der Waals surface area contributed by atoms with Gasteiger partial charge < -0.3 is 14.3 Å². The predicted molar refractivity (Wildman–Crippen MR) is 130 cm³/mol. The van der Waals surface area contributed by atoms with Crippen molar-refractivity contribution in [2.45, 2.75) is 52.1 Å². The van der Waals surface area contributed by atoms with Crippen LogP contribution in [0.4, 0.5) is 0 Å². The number of aromatic nitrogens is 2. The van der Waals surface area contributed by atoms with Crippen molar-refractivity contribution >= 4 is 5.91 Å². The molecule has 0 bridgehead atoms. The summed E-state index contributed by atoms with van der Waals surface area (Å²) in [6, 6.07) is 20.6. The van der Waals surface area contributed by atoms with E-state index in [1.54, 1.807) is 6.07 Å². The Balaban J connectivity index is 1.43. The summed E-state index contributed by atoms with van der Waals surface area (Å²) in [4.78, 5) is 17.6. The zero-order valence-electron chi connectivity index (χ0n) is 19.2. The summed E-state index contributed by atoms with van der Waals surface area (Å²) < 4.78 is 8.36. The molecule has 5 rings (SSSR count). The van der Waals surface area contributed by atoms with Gasteiger partial charge in [-0.3, -0.25) is 4.79 Å². The lowest BCUT2D eigenvalue weighted by Crippen LogP contribution is -2.22. The molecule has 1 fully saturated rings. The van der Waals surface area contributed by atoms with Gasteiger partial charge in [0.15, 0.2) is 11.5 Å². The number of hydrogen-bond donors (Lipinski definition) is 1. The number of nitrogens with zero attached hydrogens (tertiary/aromatic N) is 2. The fourth-order valence-corrected chi connectivity index (χ4v) is 4.55. The first kappa shape index (κ1) is 21.3. The predicted octanol–water partition coefficient (Wildman–Crippen LogP) is 6.47. The van der Waals surface area contributed by atoms with Crippen LogP contribution in [0.2, 0.25) is 0 Å². The largest absolute Gasteiger partial charge is 0.449 e. The number of rotatable bonds is 6. The number of amides is 1. The monoisotopic (exact) mass is 439 g/mol. The third kappa shape index (κ3) is 4.49. The average Bonchev–Trinajstić information content (AvgIpc) is 3.59. The third-order valence-corrected chi connectivity index (χ3v) is 6.47. The second kappa shape index (κ2) is 9.10. The molecular weight excluding hydrogens is 410 g/mol. The van der Waals surface area contributed by atoms with Crippen molar-refractivity contribution in [2.24, 2.45) is 0 Å². The van der Waals surface area contributed by atoms with Gasteiger partial charge in [0.2, 0.25) is 0 Å². The second-order valence-corrected chi connectivity index (χ2v) is 8.99. The lowest BCUT2D eigenvalue weighted by molar-refractivity contribution is 0.0924. The van der Waals surface area contributed by atoms with E-state index in [-0.39, 0.29) is 5.91 Å². The zero-order valence-corrected chi connectivity index (χ0v) is 19.2. The first-order valence-corrected chi connectivity index (χ1v) is 11.7. The highest BCUT2D eigenvalue weighted by molar-refractivity contribution is 5.92. The van der Waals surface area contributed by atoms with Crippen LogP contribution in [0.1, 0.15) is 59.0 Å². The molecule has 0 spiro atoms. The molecule has 0 unspecified atom stereocenters.